The zero-order valence-electron chi connectivity index (χ0n) is 16.3. The van der Waals surface area contributed by atoms with E-state index < -0.39 is 0 Å². The molecular weight excluding hydrogens is 419 g/mol. The number of carbonyl (C=O) groups is 1. The van der Waals surface area contributed by atoms with Gasteiger partial charge in [0.1, 0.15) is 5.82 Å². The highest BCUT2D eigenvalue weighted by molar-refractivity contribution is 9.10. The first kappa shape index (κ1) is 21.8. The smallest absolute Gasteiger partial charge is 0.224 e. The van der Waals surface area contributed by atoms with E-state index in [2.05, 4.69) is 32.2 Å². The molecule has 146 valence electrons. The summed E-state index contributed by atoms with van der Waals surface area (Å²) in [4.78, 5) is 17.0. The number of nitrogens with zero attached hydrogens (tertiary/aromatic N) is 1. The van der Waals surface area contributed by atoms with Crippen LogP contribution in [-0.2, 0) is 4.79 Å². The Hall–Kier alpha value is -2.45. The molecule has 0 aliphatic rings. The van der Waals surface area contributed by atoms with E-state index in [1.54, 1.807) is 12.1 Å². The van der Waals surface area contributed by atoms with Gasteiger partial charge in [0, 0.05) is 40.7 Å². The molecule has 0 saturated carbocycles. The van der Waals surface area contributed by atoms with Crippen LogP contribution in [0.5, 0.6) is 0 Å². The molecule has 0 fully saturated rings. The molecule has 1 N–H and O–H groups in total. The number of aliphatic imine (C=N–C) groups is 1. The van der Waals surface area contributed by atoms with Gasteiger partial charge in [-0.1, -0.05) is 34.1 Å². The Morgan fingerprint density at radius 2 is 2.00 bits per heavy atom. The first-order chi connectivity index (χ1) is 13.3. The van der Waals surface area contributed by atoms with Gasteiger partial charge in [-0.05, 0) is 50.1 Å². The van der Waals surface area contributed by atoms with Crippen LogP contribution in [0.3, 0.4) is 0 Å². The van der Waals surface area contributed by atoms with Crippen molar-refractivity contribution in [2.24, 2.45) is 10.9 Å². The van der Waals surface area contributed by atoms with E-state index in [-0.39, 0.29) is 30.1 Å². The summed E-state index contributed by atoms with van der Waals surface area (Å²) in [5.41, 5.74) is 3.26. The zero-order valence-corrected chi connectivity index (χ0v) is 17.9. The molecule has 0 spiro atoms. The predicted molar refractivity (Wildman–Crippen MR) is 117 cm³/mol. The van der Waals surface area contributed by atoms with E-state index >= 15 is 0 Å². The summed E-state index contributed by atoms with van der Waals surface area (Å²) in [6.07, 6.45) is 7.66. The van der Waals surface area contributed by atoms with Gasteiger partial charge >= 0.3 is 0 Å². The molecule has 2 aromatic carbocycles. The first-order valence-corrected chi connectivity index (χ1v) is 9.89. The van der Waals surface area contributed by atoms with Crippen molar-refractivity contribution >= 4 is 33.7 Å². The summed E-state index contributed by atoms with van der Waals surface area (Å²) in [5, 5.41) is 2.99. The quantitative estimate of drug-likeness (QED) is 0.434. The highest BCUT2D eigenvalue weighted by atomic mass is 79.9. The highest BCUT2D eigenvalue weighted by Crippen LogP contribution is 2.22. The van der Waals surface area contributed by atoms with Gasteiger partial charge in [-0.25, -0.2) is 4.39 Å². The number of carbonyl (C=O) groups excluding carboxylic acids is 1. The van der Waals surface area contributed by atoms with Gasteiger partial charge in [0.2, 0.25) is 5.91 Å². The molecule has 0 heterocycles. The van der Waals surface area contributed by atoms with Gasteiger partial charge in [0.25, 0.3) is 0 Å². The van der Waals surface area contributed by atoms with Crippen molar-refractivity contribution in [3.63, 3.8) is 0 Å². The van der Waals surface area contributed by atoms with E-state index in [1.165, 1.54) is 12.3 Å². The van der Waals surface area contributed by atoms with Crippen LogP contribution in [0, 0.1) is 37.9 Å². The van der Waals surface area contributed by atoms with E-state index in [0.717, 1.165) is 16.8 Å². The van der Waals surface area contributed by atoms with Gasteiger partial charge in [0.15, 0.2) is 0 Å². The molecule has 0 aliphatic carbocycles. The molecule has 2 atom stereocenters. The molecule has 0 saturated heterocycles. The Kier molecular flexibility index (Phi) is 7.95. The van der Waals surface area contributed by atoms with Crippen molar-refractivity contribution in [3.8, 4) is 12.3 Å². The summed E-state index contributed by atoms with van der Waals surface area (Å²) in [6, 6.07) is 10.5. The monoisotopic (exact) mass is 442 g/mol. The molecule has 2 aromatic rings. The summed E-state index contributed by atoms with van der Waals surface area (Å²) < 4.78 is 14.6. The lowest BCUT2D eigenvalue weighted by molar-refractivity contribution is -0.117. The molecule has 5 heteroatoms. The molecule has 2 rings (SSSR count). The molecule has 3 nitrogen and oxygen atoms in total. The van der Waals surface area contributed by atoms with Crippen LogP contribution in [-0.4, -0.2) is 18.2 Å². The topological polar surface area (TPSA) is 41.5 Å². The lowest BCUT2D eigenvalue weighted by Crippen LogP contribution is -2.23. The third-order valence-electron chi connectivity index (χ3n) is 4.67. The minimum Gasteiger partial charge on any atom is -0.326 e. The second kappa shape index (κ2) is 10.2. The number of para-hydroxylation sites is 1. The van der Waals surface area contributed by atoms with Gasteiger partial charge in [0.05, 0.1) is 6.04 Å². The summed E-state index contributed by atoms with van der Waals surface area (Å²) >= 11 is 3.23. The second-order valence-electron chi connectivity index (χ2n) is 6.87. The Morgan fingerprint density at radius 1 is 1.32 bits per heavy atom. The number of anilines is 1. The molecule has 2 unspecified atom stereocenters. The zero-order chi connectivity index (χ0) is 20.7. The fraction of sp³-hybridized carbons (Fsp3) is 0.304. The fourth-order valence-electron chi connectivity index (χ4n) is 2.93. The Balaban J connectivity index is 2.08. The minimum absolute atomic E-state index is 0.102. The van der Waals surface area contributed by atoms with Crippen molar-refractivity contribution in [1.82, 2.24) is 0 Å². The number of halogens is 2. The second-order valence-corrected chi connectivity index (χ2v) is 7.79. The van der Waals surface area contributed by atoms with Crippen molar-refractivity contribution < 1.29 is 9.18 Å². The molecule has 28 heavy (non-hydrogen) atoms. The molecule has 0 bridgehead atoms. The largest absolute Gasteiger partial charge is 0.326 e. The maximum Gasteiger partial charge on any atom is 0.224 e. The summed E-state index contributed by atoms with van der Waals surface area (Å²) in [6.45, 7) is 5.81. The predicted octanol–water partition coefficient (Wildman–Crippen LogP) is 5.68. The lowest BCUT2D eigenvalue weighted by Gasteiger charge is -2.19. The lowest BCUT2D eigenvalue weighted by atomic mass is 9.94. The molecule has 0 aliphatic heterocycles. The van der Waals surface area contributed by atoms with Crippen LogP contribution in [0.4, 0.5) is 10.1 Å². The standard InChI is InChI=1S/C23H24BrFN2O/c1-5-7-18(12-22(28)27-23-15(2)8-6-9-16(23)3)17(4)26-14-19-10-11-20(24)13-21(19)25/h1,6,8-11,13-14,17-18H,7,12H2,2-4H3,(H,27,28). The number of aryl methyl sites for hydroxylation is 2. The highest BCUT2D eigenvalue weighted by Gasteiger charge is 2.20. The van der Waals surface area contributed by atoms with Crippen LogP contribution >= 0.6 is 15.9 Å². The van der Waals surface area contributed by atoms with Crippen molar-refractivity contribution in [2.45, 2.75) is 39.7 Å². The Morgan fingerprint density at radius 3 is 2.61 bits per heavy atom. The molecule has 0 radical (unpaired) electrons. The molecule has 1 amide bonds. The number of benzene rings is 2. The van der Waals surface area contributed by atoms with Crippen LogP contribution in [0.1, 0.15) is 36.5 Å². The number of amides is 1. The number of rotatable bonds is 7. The number of terminal acetylenes is 1. The van der Waals surface area contributed by atoms with Crippen molar-refractivity contribution in [3.05, 3.63) is 63.4 Å². The number of hydrogen-bond acceptors (Lipinski definition) is 2. The van der Waals surface area contributed by atoms with Gasteiger partial charge < -0.3 is 5.32 Å². The first-order valence-electron chi connectivity index (χ1n) is 9.09. The number of nitrogens with one attached hydrogen (secondary N) is 1. The van der Waals surface area contributed by atoms with Gasteiger partial charge in [-0.15, -0.1) is 12.3 Å². The van der Waals surface area contributed by atoms with Gasteiger partial charge in [-0.2, -0.15) is 0 Å². The van der Waals surface area contributed by atoms with Crippen LogP contribution in [0.25, 0.3) is 0 Å². The Labute approximate surface area is 174 Å². The van der Waals surface area contributed by atoms with Crippen LogP contribution in [0.2, 0.25) is 0 Å². The fourth-order valence-corrected chi connectivity index (χ4v) is 3.26. The van der Waals surface area contributed by atoms with E-state index in [1.807, 2.05) is 39.0 Å². The van der Waals surface area contributed by atoms with E-state index in [4.69, 9.17) is 6.42 Å². The molecule has 0 aromatic heterocycles. The molecular formula is C23H24BrFN2O. The normalized spacial score (nSPS) is 13.1. The van der Waals surface area contributed by atoms with Crippen LogP contribution < -0.4 is 5.32 Å². The Bertz CT molecular complexity index is 897. The van der Waals surface area contributed by atoms with E-state index in [9.17, 15) is 9.18 Å². The third kappa shape index (κ3) is 6.03. The van der Waals surface area contributed by atoms with Gasteiger partial charge in [-0.3, -0.25) is 9.79 Å². The maximum atomic E-state index is 14.0. The van der Waals surface area contributed by atoms with Crippen LogP contribution in [0.15, 0.2) is 45.9 Å². The number of hydrogen-bond donors (Lipinski definition) is 1. The average Bonchev–Trinajstić information content (AvgIpc) is 2.63. The minimum atomic E-state index is -0.355. The summed E-state index contributed by atoms with van der Waals surface area (Å²) in [7, 11) is 0. The van der Waals surface area contributed by atoms with E-state index in [0.29, 0.717) is 16.5 Å². The van der Waals surface area contributed by atoms with Crippen molar-refractivity contribution in [1.29, 1.82) is 0 Å². The average molecular weight is 443 g/mol. The van der Waals surface area contributed by atoms with Crippen molar-refractivity contribution in [2.75, 3.05) is 5.32 Å². The summed E-state index contributed by atoms with van der Waals surface area (Å²) in [5.74, 6) is 2.03. The SMILES string of the molecule is C#CCC(CC(=O)Nc1c(C)cccc1C)C(C)N=Cc1ccc(Br)cc1F. The maximum absolute atomic E-state index is 14.0. The third-order valence-corrected chi connectivity index (χ3v) is 5.16.